The molecule has 6 nitrogen and oxygen atoms in total. The number of anilines is 1. The lowest BCUT2D eigenvalue weighted by atomic mass is 10.1. The second-order valence-electron chi connectivity index (χ2n) is 7.83. The van der Waals surface area contributed by atoms with E-state index in [1.165, 1.54) is 6.07 Å². The number of alkyl halides is 3. The molecule has 0 atom stereocenters. The number of halogens is 3. The van der Waals surface area contributed by atoms with Crippen LogP contribution >= 0.6 is 0 Å². The van der Waals surface area contributed by atoms with Gasteiger partial charge in [-0.25, -0.2) is 13.1 Å². The number of rotatable bonds is 6. The Morgan fingerprint density at radius 3 is 2.38 bits per heavy atom. The molecule has 0 aromatic heterocycles. The second kappa shape index (κ2) is 9.50. The maximum Gasteiger partial charge on any atom is 0.416 e. The minimum Gasteiger partial charge on any atom is -0.368 e. The van der Waals surface area contributed by atoms with Crippen LogP contribution in [-0.4, -0.2) is 51.9 Å². The monoisotopic (exact) mass is 469 g/mol. The van der Waals surface area contributed by atoms with E-state index in [4.69, 9.17) is 0 Å². The van der Waals surface area contributed by atoms with Crippen molar-refractivity contribution in [1.82, 2.24) is 9.62 Å². The molecule has 3 rings (SSSR count). The van der Waals surface area contributed by atoms with E-state index in [0.717, 1.165) is 17.7 Å². The summed E-state index contributed by atoms with van der Waals surface area (Å²) in [6.45, 7) is 5.02. The number of piperazine rings is 1. The van der Waals surface area contributed by atoms with Crippen LogP contribution in [0.2, 0.25) is 0 Å². The van der Waals surface area contributed by atoms with Crippen LogP contribution in [0, 0.1) is 13.8 Å². The first-order valence-electron chi connectivity index (χ1n) is 10.2. The minimum absolute atomic E-state index is 0.00759. The molecule has 1 amide bonds. The fourth-order valence-electron chi connectivity index (χ4n) is 3.62. The molecule has 0 unspecified atom stereocenters. The average molecular weight is 470 g/mol. The van der Waals surface area contributed by atoms with Crippen molar-refractivity contribution < 1.29 is 26.4 Å². The van der Waals surface area contributed by atoms with Crippen LogP contribution in [0.15, 0.2) is 47.4 Å². The quantitative estimate of drug-likeness (QED) is 0.705. The van der Waals surface area contributed by atoms with E-state index in [0.29, 0.717) is 37.4 Å². The molecule has 1 aliphatic rings. The van der Waals surface area contributed by atoms with Crippen LogP contribution in [0.25, 0.3) is 0 Å². The summed E-state index contributed by atoms with van der Waals surface area (Å²) in [5.74, 6) is -0.197. The molecule has 2 aromatic carbocycles. The molecule has 0 aliphatic carbocycles. The molecule has 1 heterocycles. The fourth-order valence-corrected chi connectivity index (χ4v) is 4.98. The zero-order valence-corrected chi connectivity index (χ0v) is 18.8. The Labute approximate surface area is 186 Å². The summed E-state index contributed by atoms with van der Waals surface area (Å²) in [6.07, 6.45) is -4.40. The van der Waals surface area contributed by atoms with Crippen LogP contribution < -0.4 is 9.62 Å². The van der Waals surface area contributed by atoms with E-state index in [1.54, 1.807) is 36.9 Å². The number of hydrogen-bond acceptors (Lipinski definition) is 4. The SMILES string of the molecule is Cc1ccc(C)c(S(=O)(=O)NCCC(=O)N2CCN(c3cccc(C(F)(F)F)c3)CC2)c1. The highest BCUT2D eigenvalue weighted by Gasteiger charge is 2.31. The summed E-state index contributed by atoms with van der Waals surface area (Å²) in [7, 11) is -3.72. The number of sulfonamides is 1. The number of carbonyl (C=O) groups is 1. The lowest BCUT2D eigenvalue weighted by Gasteiger charge is -2.36. The van der Waals surface area contributed by atoms with Gasteiger partial charge in [-0.15, -0.1) is 0 Å². The van der Waals surface area contributed by atoms with E-state index in [9.17, 15) is 26.4 Å². The Morgan fingerprint density at radius 1 is 1.03 bits per heavy atom. The number of hydrogen-bond donors (Lipinski definition) is 1. The molecular formula is C22H26F3N3O3S. The van der Waals surface area contributed by atoms with E-state index in [-0.39, 0.29) is 23.8 Å². The molecule has 1 fully saturated rings. The molecule has 1 aliphatic heterocycles. The Bertz CT molecular complexity index is 1080. The largest absolute Gasteiger partial charge is 0.416 e. The van der Waals surface area contributed by atoms with Gasteiger partial charge in [0.2, 0.25) is 15.9 Å². The molecule has 0 radical (unpaired) electrons. The van der Waals surface area contributed by atoms with Crippen molar-refractivity contribution >= 4 is 21.6 Å². The molecule has 1 saturated heterocycles. The number of aryl methyl sites for hydroxylation is 2. The molecule has 0 saturated carbocycles. The van der Waals surface area contributed by atoms with Gasteiger partial charge >= 0.3 is 6.18 Å². The normalized spacial score (nSPS) is 15.2. The summed E-state index contributed by atoms with van der Waals surface area (Å²) in [6, 6.07) is 10.3. The van der Waals surface area contributed by atoms with E-state index >= 15 is 0 Å². The Morgan fingerprint density at radius 2 is 1.72 bits per heavy atom. The van der Waals surface area contributed by atoms with Crippen LogP contribution in [0.5, 0.6) is 0 Å². The smallest absolute Gasteiger partial charge is 0.368 e. The number of nitrogens with zero attached hydrogens (tertiary/aromatic N) is 2. The van der Waals surface area contributed by atoms with Gasteiger partial charge in [-0.05, 0) is 49.2 Å². The van der Waals surface area contributed by atoms with Crippen LogP contribution in [-0.2, 0) is 21.0 Å². The number of amides is 1. The summed E-state index contributed by atoms with van der Waals surface area (Å²) in [5, 5.41) is 0. The van der Waals surface area contributed by atoms with Gasteiger partial charge in [0.25, 0.3) is 0 Å². The molecule has 10 heteroatoms. The minimum atomic E-state index is -4.40. The van der Waals surface area contributed by atoms with E-state index in [2.05, 4.69) is 4.72 Å². The van der Waals surface area contributed by atoms with E-state index in [1.807, 2.05) is 11.0 Å². The van der Waals surface area contributed by atoms with Gasteiger partial charge in [0.1, 0.15) is 0 Å². The molecule has 1 N–H and O–H groups in total. The zero-order valence-electron chi connectivity index (χ0n) is 17.9. The maximum atomic E-state index is 12.9. The molecule has 0 bridgehead atoms. The van der Waals surface area contributed by atoms with Crippen molar-refractivity contribution in [2.45, 2.75) is 31.3 Å². The van der Waals surface area contributed by atoms with Gasteiger partial charge < -0.3 is 9.80 Å². The standard InChI is InChI=1S/C22H26F3N3O3S/c1-16-6-7-17(2)20(14-16)32(30,31)26-9-8-21(29)28-12-10-27(11-13-28)19-5-3-4-18(15-19)22(23,24)25/h3-7,14-15,26H,8-13H2,1-2H3. The van der Waals surface area contributed by atoms with Gasteiger partial charge in [0.15, 0.2) is 0 Å². The first-order valence-corrected chi connectivity index (χ1v) is 11.7. The lowest BCUT2D eigenvalue weighted by Crippen LogP contribution is -2.49. The van der Waals surface area contributed by atoms with Crippen molar-refractivity contribution in [2.24, 2.45) is 0 Å². The predicted molar refractivity (Wildman–Crippen MR) is 116 cm³/mol. The average Bonchev–Trinajstić information content (AvgIpc) is 2.75. The molecule has 174 valence electrons. The predicted octanol–water partition coefficient (Wildman–Crippen LogP) is 3.34. The molecule has 2 aromatic rings. The third-order valence-corrected chi connectivity index (χ3v) is 7.04. The van der Waals surface area contributed by atoms with Gasteiger partial charge in [-0.1, -0.05) is 18.2 Å². The second-order valence-corrected chi connectivity index (χ2v) is 9.57. The summed E-state index contributed by atoms with van der Waals surface area (Å²) in [4.78, 5) is 16.1. The van der Waals surface area contributed by atoms with Crippen LogP contribution in [0.1, 0.15) is 23.1 Å². The number of carbonyl (C=O) groups excluding carboxylic acids is 1. The Kier molecular flexibility index (Phi) is 7.14. The first kappa shape index (κ1) is 24.1. The maximum absolute atomic E-state index is 12.9. The number of nitrogens with one attached hydrogen (secondary N) is 1. The highest BCUT2D eigenvalue weighted by molar-refractivity contribution is 7.89. The zero-order chi connectivity index (χ0) is 23.5. The first-order chi connectivity index (χ1) is 15.0. The van der Waals surface area contributed by atoms with Crippen molar-refractivity contribution in [2.75, 3.05) is 37.6 Å². The topological polar surface area (TPSA) is 69.7 Å². The van der Waals surface area contributed by atoms with Gasteiger partial charge in [0, 0.05) is 44.8 Å². The van der Waals surface area contributed by atoms with Gasteiger partial charge in [-0.2, -0.15) is 13.2 Å². The van der Waals surface area contributed by atoms with Gasteiger partial charge in [0.05, 0.1) is 10.5 Å². The lowest BCUT2D eigenvalue weighted by molar-refractivity contribution is -0.137. The highest BCUT2D eigenvalue weighted by atomic mass is 32.2. The summed E-state index contributed by atoms with van der Waals surface area (Å²) >= 11 is 0. The van der Waals surface area contributed by atoms with Crippen molar-refractivity contribution in [3.8, 4) is 0 Å². The third kappa shape index (κ3) is 5.80. The molecule has 32 heavy (non-hydrogen) atoms. The highest BCUT2D eigenvalue weighted by Crippen LogP contribution is 2.31. The van der Waals surface area contributed by atoms with E-state index < -0.39 is 21.8 Å². The fraction of sp³-hybridized carbons (Fsp3) is 0.409. The molecular weight excluding hydrogens is 443 g/mol. The van der Waals surface area contributed by atoms with Gasteiger partial charge in [-0.3, -0.25) is 4.79 Å². The van der Waals surface area contributed by atoms with Crippen molar-refractivity contribution in [3.05, 3.63) is 59.2 Å². The molecule has 0 spiro atoms. The Balaban J connectivity index is 1.51. The summed E-state index contributed by atoms with van der Waals surface area (Å²) in [5.41, 5.74) is 1.21. The number of benzene rings is 2. The third-order valence-electron chi connectivity index (χ3n) is 5.44. The van der Waals surface area contributed by atoms with Crippen LogP contribution in [0.3, 0.4) is 0 Å². The van der Waals surface area contributed by atoms with Crippen LogP contribution in [0.4, 0.5) is 18.9 Å². The van der Waals surface area contributed by atoms with Crippen molar-refractivity contribution in [3.63, 3.8) is 0 Å². The van der Waals surface area contributed by atoms with Crippen molar-refractivity contribution in [1.29, 1.82) is 0 Å². The Hall–Kier alpha value is -2.59. The summed E-state index contributed by atoms with van der Waals surface area (Å²) < 4.78 is 66.4.